The monoisotopic (exact) mass is 275 g/mol. The van der Waals surface area contributed by atoms with Gasteiger partial charge in [-0.1, -0.05) is 30.3 Å². The highest BCUT2D eigenvalue weighted by Gasteiger charge is 2.44. The molecule has 2 N–H and O–H groups in total. The number of amides is 1. The number of carbonyl (C=O) groups excluding carboxylic acids is 2. The lowest BCUT2D eigenvalue weighted by Gasteiger charge is -2.20. The van der Waals surface area contributed by atoms with Crippen molar-refractivity contribution >= 4 is 11.7 Å². The zero-order chi connectivity index (χ0) is 14.6. The Labute approximate surface area is 107 Å². The summed E-state index contributed by atoms with van der Waals surface area (Å²) >= 11 is 0. The molecular formula is C12H12F3NO3. The molecule has 0 heterocycles. The van der Waals surface area contributed by atoms with Crippen LogP contribution >= 0.6 is 0 Å². The molecule has 4 nitrogen and oxygen atoms in total. The second-order valence-electron chi connectivity index (χ2n) is 3.94. The SMILES string of the molecule is C[C@H](NC(=O)C(=O)C(F)(F)F)[C@H](O)c1ccccc1. The minimum atomic E-state index is -5.22. The van der Waals surface area contributed by atoms with Crippen LogP contribution in [0.4, 0.5) is 13.2 Å². The maximum absolute atomic E-state index is 12.0. The van der Waals surface area contributed by atoms with Crippen LogP contribution in [-0.2, 0) is 9.59 Å². The van der Waals surface area contributed by atoms with Crippen molar-refractivity contribution in [1.82, 2.24) is 5.32 Å². The van der Waals surface area contributed by atoms with E-state index in [4.69, 9.17) is 0 Å². The van der Waals surface area contributed by atoms with Crippen LogP contribution < -0.4 is 5.32 Å². The molecule has 2 atom stereocenters. The normalized spacial score (nSPS) is 14.6. The van der Waals surface area contributed by atoms with Gasteiger partial charge in [-0.15, -0.1) is 0 Å². The van der Waals surface area contributed by atoms with Gasteiger partial charge in [-0.2, -0.15) is 13.2 Å². The molecule has 0 aliphatic rings. The van der Waals surface area contributed by atoms with Crippen molar-refractivity contribution in [3.8, 4) is 0 Å². The predicted octanol–water partition coefficient (Wildman–Crippen LogP) is 1.36. The van der Waals surface area contributed by atoms with Crippen molar-refractivity contribution in [2.75, 3.05) is 0 Å². The number of Topliss-reactive ketones (excluding diaryl/α,β-unsaturated/α-hetero) is 1. The molecule has 7 heteroatoms. The molecule has 104 valence electrons. The maximum Gasteiger partial charge on any atom is 0.460 e. The van der Waals surface area contributed by atoms with E-state index < -0.39 is 30.0 Å². The predicted molar refractivity (Wildman–Crippen MR) is 60.1 cm³/mol. The summed E-state index contributed by atoms with van der Waals surface area (Å²) in [5.74, 6) is -4.27. The first-order valence-corrected chi connectivity index (χ1v) is 5.38. The van der Waals surface area contributed by atoms with E-state index in [1.807, 2.05) is 5.32 Å². The Morgan fingerprint density at radius 1 is 1.21 bits per heavy atom. The molecule has 0 aliphatic heterocycles. The molecule has 0 saturated heterocycles. The number of alkyl halides is 3. The van der Waals surface area contributed by atoms with E-state index in [0.29, 0.717) is 5.56 Å². The molecule has 19 heavy (non-hydrogen) atoms. The van der Waals surface area contributed by atoms with E-state index in [1.165, 1.54) is 6.92 Å². The molecular weight excluding hydrogens is 263 g/mol. The van der Waals surface area contributed by atoms with Gasteiger partial charge in [-0.05, 0) is 12.5 Å². The number of carbonyl (C=O) groups is 2. The lowest BCUT2D eigenvalue weighted by Crippen LogP contribution is -2.45. The zero-order valence-electron chi connectivity index (χ0n) is 9.94. The van der Waals surface area contributed by atoms with Crippen molar-refractivity contribution in [2.45, 2.75) is 25.2 Å². The van der Waals surface area contributed by atoms with E-state index >= 15 is 0 Å². The second-order valence-corrected chi connectivity index (χ2v) is 3.94. The van der Waals surface area contributed by atoms with Gasteiger partial charge >= 0.3 is 12.0 Å². The highest BCUT2D eigenvalue weighted by molar-refractivity contribution is 6.38. The minimum Gasteiger partial charge on any atom is -0.386 e. The summed E-state index contributed by atoms with van der Waals surface area (Å²) in [4.78, 5) is 21.7. The first-order chi connectivity index (χ1) is 8.73. The topological polar surface area (TPSA) is 66.4 Å². The Kier molecular flexibility index (Phi) is 4.66. The summed E-state index contributed by atoms with van der Waals surface area (Å²) in [5.41, 5.74) is 0.426. The average Bonchev–Trinajstić information content (AvgIpc) is 2.36. The second kappa shape index (κ2) is 5.83. The number of halogens is 3. The number of ketones is 1. The van der Waals surface area contributed by atoms with Gasteiger partial charge in [0, 0.05) is 0 Å². The third-order valence-corrected chi connectivity index (χ3v) is 2.44. The Bertz CT molecular complexity index is 459. The fourth-order valence-corrected chi connectivity index (χ4v) is 1.42. The third-order valence-electron chi connectivity index (χ3n) is 2.44. The first-order valence-electron chi connectivity index (χ1n) is 5.38. The Balaban J connectivity index is 2.68. The van der Waals surface area contributed by atoms with Crippen LogP contribution in [0.3, 0.4) is 0 Å². The molecule has 0 aliphatic carbocycles. The number of rotatable bonds is 4. The largest absolute Gasteiger partial charge is 0.460 e. The van der Waals surface area contributed by atoms with Gasteiger partial charge in [-0.25, -0.2) is 0 Å². The van der Waals surface area contributed by atoms with Gasteiger partial charge < -0.3 is 10.4 Å². The van der Waals surface area contributed by atoms with Crippen LogP contribution in [0.1, 0.15) is 18.6 Å². The van der Waals surface area contributed by atoms with Crippen LogP contribution in [0, 0.1) is 0 Å². The quantitative estimate of drug-likeness (QED) is 0.815. The third kappa shape index (κ3) is 4.06. The molecule has 1 amide bonds. The molecule has 0 radical (unpaired) electrons. The lowest BCUT2D eigenvalue weighted by molar-refractivity contribution is -0.175. The average molecular weight is 275 g/mol. The van der Waals surface area contributed by atoms with E-state index in [0.717, 1.165) is 0 Å². The zero-order valence-corrected chi connectivity index (χ0v) is 9.94. The molecule has 0 spiro atoms. The van der Waals surface area contributed by atoms with Gasteiger partial charge in [0.25, 0.3) is 5.91 Å². The van der Waals surface area contributed by atoms with Gasteiger partial charge in [0.2, 0.25) is 0 Å². The molecule has 0 saturated carbocycles. The van der Waals surface area contributed by atoms with Crippen molar-refractivity contribution in [2.24, 2.45) is 0 Å². The van der Waals surface area contributed by atoms with E-state index in [1.54, 1.807) is 30.3 Å². The summed E-state index contributed by atoms with van der Waals surface area (Å²) in [5, 5.41) is 11.6. The smallest absolute Gasteiger partial charge is 0.386 e. The standard InChI is InChI=1S/C12H12F3NO3/c1-7(9(17)8-5-3-2-4-6-8)16-11(19)10(18)12(13,14)15/h2-7,9,17H,1H3,(H,16,19)/t7-,9-/m0/s1. The molecule has 0 fully saturated rings. The number of benzene rings is 1. The van der Waals surface area contributed by atoms with E-state index in [2.05, 4.69) is 0 Å². The maximum atomic E-state index is 12.0. The molecule has 1 rings (SSSR count). The van der Waals surface area contributed by atoms with Crippen LogP contribution in [0.15, 0.2) is 30.3 Å². The van der Waals surface area contributed by atoms with Crippen molar-refractivity contribution < 1.29 is 27.9 Å². The van der Waals surface area contributed by atoms with Crippen molar-refractivity contribution in [1.29, 1.82) is 0 Å². The van der Waals surface area contributed by atoms with Gasteiger partial charge in [-0.3, -0.25) is 9.59 Å². The number of hydrogen-bond donors (Lipinski definition) is 2. The van der Waals surface area contributed by atoms with Crippen LogP contribution in [0.5, 0.6) is 0 Å². The molecule has 0 unspecified atom stereocenters. The van der Waals surface area contributed by atoms with Crippen LogP contribution in [0.25, 0.3) is 0 Å². The molecule has 0 aromatic heterocycles. The van der Waals surface area contributed by atoms with E-state index in [-0.39, 0.29) is 0 Å². The summed E-state index contributed by atoms with van der Waals surface area (Å²) in [6, 6.07) is 7.05. The number of aliphatic hydroxyl groups excluding tert-OH is 1. The summed E-state index contributed by atoms with van der Waals surface area (Å²) < 4.78 is 36.0. The Morgan fingerprint density at radius 2 is 1.74 bits per heavy atom. The van der Waals surface area contributed by atoms with Crippen LogP contribution in [-0.4, -0.2) is 29.0 Å². The fourth-order valence-electron chi connectivity index (χ4n) is 1.42. The van der Waals surface area contributed by atoms with Gasteiger partial charge in [0.15, 0.2) is 0 Å². The fraction of sp³-hybridized carbons (Fsp3) is 0.333. The molecule has 0 bridgehead atoms. The molecule has 1 aromatic rings. The number of aliphatic hydroxyl groups is 1. The Hall–Kier alpha value is -1.89. The molecule has 1 aromatic carbocycles. The minimum absolute atomic E-state index is 0.426. The van der Waals surface area contributed by atoms with E-state index in [9.17, 15) is 27.9 Å². The van der Waals surface area contributed by atoms with Crippen molar-refractivity contribution in [3.05, 3.63) is 35.9 Å². The Morgan fingerprint density at radius 3 is 2.21 bits per heavy atom. The number of hydrogen-bond acceptors (Lipinski definition) is 3. The number of nitrogens with one attached hydrogen (secondary N) is 1. The van der Waals surface area contributed by atoms with Gasteiger partial charge in [0.1, 0.15) is 0 Å². The van der Waals surface area contributed by atoms with Crippen LogP contribution in [0.2, 0.25) is 0 Å². The lowest BCUT2D eigenvalue weighted by atomic mass is 10.0. The van der Waals surface area contributed by atoms with Crippen molar-refractivity contribution in [3.63, 3.8) is 0 Å². The summed E-state index contributed by atoms with van der Waals surface area (Å²) in [7, 11) is 0. The summed E-state index contributed by atoms with van der Waals surface area (Å²) in [6.45, 7) is 1.30. The highest BCUT2D eigenvalue weighted by Crippen LogP contribution is 2.18. The highest BCUT2D eigenvalue weighted by atomic mass is 19.4. The van der Waals surface area contributed by atoms with Gasteiger partial charge in [0.05, 0.1) is 12.1 Å². The summed E-state index contributed by atoms with van der Waals surface area (Å²) in [6.07, 6.45) is -6.42. The first kappa shape index (κ1) is 15.2.